The molecule has 2 fully saturated rings. The van der Waals surface area contributed by atoms with Crippen molar-refractivity contribution in [1.29, 1.82) is 0 Å². The molecule has 4 rings (SSSR count). The van der Waals surface area contributed by atoms with E-state index in [1.54, 1.807) is 17.0 Å². The number of anilines is 1. The molecule has 178 valence electrons. The molecular weight excluding hydrogens is 473 g/mol. The number of nitrogens with zero attached hydrogens (tertiary/aromatic N) is 3. The van der Waals surface area contributed by atoms with E-state index in [9.17, 15) is 22.7 Å². The first kappa shape index (κ1) is 23.7. The highest BCUT2D eigenvalue weighted by molar-refractivity contribution is 7.89. The zero-order valence-corrected chi connectivity index (χ0v) is 19.6. The van der Waals surface area contributed by atoms with E-state index in [0.29, 0.717) is 44.0 Å². The number of methoxy groups -OCH3 is 1. The Kier molecular flexibility index (Phi) is 6.81. The number of piperazine rings is 1. The molecule has 8 nitrogen and oxygen atoms in total. The Bertz CT molecular complexity index is 1150. The van der Waals surface area contributed by atoms with Gasteiger partial charge in [-0.2, -0.15) is 4.31 Å². The third-order valence-electron chi connectivity index (χ3n) is 5.98. The second kappa shape index (κ2) is 9.46. The third kappa shape index (κ3) is 4.79. The van der Waals surface area contributed by atoms with Crippen LogP contribution in [0.5, 0.6) is 5.75 Å². The minimum atomic E-state index is -3.75. The molecular formula is C22H25ClFN3O5S. The predicted octanol–water partition coefficient (Wildman–Crippen LogP) is 2.21. The van der Waals surface area contributed by atoms with E-state index in [-0.39, 0.29) is 34.5 Å². The minimum Gasteiger partial charge on any atom is -0.495 e. The largest absolute Gasteiger partial charge is 0.495 e. The standard InChI is InChI=1S/C22H25ClFN3O5S/c1-32-21-5-3-17(33(30,31)27-7-6-16(28)14-27)13-20(21)25-8-10-26(11-9-25)22(29)18-4-2-15(24)12-19(18)23/h2-5,12-13,16,28H,6-11,14H2,1H3. The molecule has 2 aromatic carbocycles. The second-order valence-electron chi connectivity index (χ2n) is 8.04. The summed E-state index contributed by atoms with van der Waals surface area (Å²) >= 11 is 6.04. The van der Waals surface area contributed by atoms with Crippen molar-refractivity contribution in [1.82, 2.24) is 9.21 Å². The summed E-state index contributed by atoms with van der Waals surface area (Å²) in [6, 6.07) is 8.38. The van der Waals surface area contributed by atoms with E-state index >= 15 is 0 Å². The zero-order chi connectivity index (χ0) is 23.8. The molecule has 33 heavy (non-hydrogen) atoms. The molecule has 11 heteroatoms. The summed E-state index contributed by atoms with van der Waals surface area (Å²) in [6.45, 7) is 2.02. The van der Waals surface area contributed by atoms with Crippen LogP contribution in [0.2, 0.25) is 5.02 Å². The minimum absolute atomic E-state index is 0.0639. The van der Waals surface area contributed by atoms with Crippen LogP contribution in [0, 0.1) is 5.82 Å². The van der Waals surface area contributed by atoms with Gasteiger partial charge >= 0.3 is 0 Å². The quantitative estimate of drug-likeness (QED) is 0.681. The normalized spacial score (nSPS) is 19.7. The Balaban J connectivity index is 1.52. The van der Waals surface area contributed by atoms with Gasteiger partial charge in [0.05, 0.1) is 34.4 Å². The lowest BCUT2D eigenvalue weighted by Crippen LogP contribution is -2.49. The van der Waals surface area contributed by atoms with Gasteiger partial charge in [0.1, 0.15) is 11.6 Å². The monoisotopic (exact) mass is 497 g/mol. The van der Waals surface area contributed by atoms with Crippen molar-refractivity contribution in [2.24, 2.45) is 0 Å². The van der Waals surface area contributed by atoms with Gasteiger partial charge in [0.2, 0.25) is 10.0 Å². The van der Waals surface area contributed by atoms with Crippen molar-refractivity contribution in [2.75, 3.05) is 51.3 Å². The van der Waals surface area contributed by atoms with Crippen LogP contribution in [0.4, 0.5) is 10.1 Å². The van der Waals surface area contributed by atoms with Gasteiger partial charge in [0, 0.05) is 39.3 Å². The van der Waals surface area contributed by atoms with E-state index in [1.807, 2.05) is 4.90 Å². The molecule has 2 aromatic rings. The number of halogens is 2. The fourth-order valence-corrected chi connectivity index (χ4v) is 5.90. The van der Waals surface area contributed by atoms with Crippen LogP contribution < -0.4 is 9.64 Å². The van der Waals surface area contributed by atoms with Gasteiger partial charge < -0.3 is 19.6 Å². The van der Waals surface area contributed by atoms with Gasteiger partial charge in [-0.15, -0.1) is 0 Å². The van der Waals surface area contributed by atoms with Gasteiger partial charge in [-0.1, -0.05) is 11.6 Å². The number of benzene rings is 2. The Labute approximate surface area is 197 Å². The van der Waals surface area contributed by atoms with E-state index in [2.05, 4.69) is 0 Å². The summed E-state index contributed by atoms with van der Waals surface area (Å²) in [5.41, 5.74) is 0.857. The summed E-state index contributed by atoms with van der Waals surface area (Å²) in [7, 11) is -2.23. The molecule has 2 aliphatic heterocycles. The van der Waals surface area contributed by atoms with Gasteiger partial charge in [-0.3, -0.25) is 4.79 Å². The molecule has 0 spiro atoms. The summed E-state index contributed by atoms with van der Waals surface area (Å²) in [5.74, 6) is -0.265. The fourth-order valence-electron chi connectivity index (χ4n) is 4.14. The highest BCUT2D eigenvalue weighted by atomic mass is 35.5. The zero-order valence-electron chi connectivity index (χ0n) is 18.1. The average molecular weight is 498 g/mol. The number of β-amino-alcohol motifs (C(OH)–C–C–N with tert-alkyl or cyclic N) is 1. The molecule has 1 amide bonds. The first-order valence-corrected chi connectivity index (χ1v) is 12.4. The maximum Gasteiger partial charge on any atom is 0.255 e. The highest BCUT2D eigenvalue weighted by Crippen LogP contribution is 2.33. The lowest BCUT2D eigenvalue weighted by Gasteiger charge is -2.37. The summed E-state index contributed by atoms with van der Waals surface area (Å²) < 4.78 is 46.1. The fraction of sp³-hybridized carbons (Fsp3) is 0.409. The molecule has 0 bridgehead atoms. The number of amides is 1. The number of hydrogen-bond acceptors (Lipinski definition) is 6. The Morgan fingerprint density at radius 3 is 2.45 bits per heavy atom. The van der Waals surface area contributed by atoms with E-state index in [0.717, 1.165) is 6.07 Å². The van der Waals surface area contributed by atoms with Crippen molar-refractivity contribution in [2.45, 2.75) is 17.4 Å². The van der Waals surface area contributed by atoms with Gasteiger partial charge in [0.15, 0.2) is 0 Å². The molecule has 0 saturated carbocycles. The van der Waals surface area contributed by atoms with Crippen molar-refractivity contribution >= 4 is 33.2 Å². The Hall–Kier alpha value is -2.40. The maximum absolute atomic E-state index is 13.3. The predicted molar refractivity (Wildman–Crippen MR) is 122 cm³/mol. The number of ether oxygens (including phenoxy) is 1. The molecule has 2 aliphatic rings. The van der Waals surface area contributed by atoms with Crippen LogP contribution in [0.25, 0.3) is 0 Å². The van der Waals surface area contributed by atoms with Crippen molar-refractivity contribution in [3.05, 3.63) is 52.8 Å². The first-order chi connectivity index (χ1) is 15.7. The maximum atomic E-state index is 13.3. The second-order valence-corrected chi connectivity index (χ2v) is 10.4. The van der Waals surface area contributed by atoms with Crippen LogP contribution in [-0.4, -0.2) is 81.1 Å². The number of rotatable bonds is 5. The molecule has 1 atom stereocenters. The number of aliphatic hydroxyl groups excluding tert-OH is 1. The Morgan fingerprint density at radius 2 is 1.85 bits per heavy atom. The van der Waals surface area contributed by atoms with Crippen LogP contribution in [-0.2, 0) is 10.0 Å². The summed E-state index contributed by atoms with van der Waals surface area (Å²) in [5, 5.41) is 9.80. The number of carbonyl (C=O) groups excluding carboxylic acids is 1. The van der Waals surface area contributed by atoms with Crippen molar-refractivity contribution < 1.29 is 27.4 Å². The smallest absolute Gasteiger partial charge is 0.255 e. The topological polar surface area (TPSA) is 90.4 Å². The molecule has 2 saturated heterocycles. The van der Waals surface area contributed by atoms with Crippen molar-refractivity contribution in [3.63, 3.8) is 0 Å². The molecule has 0 aromatic heterocycles. The highest BCUT2D eigenvalue weighted by Gasteiger charge is 2.33. The van der Waals surface area contributed by atoms with Crippen LogP contribution in [0.1, 0.15) is 16.8 Å². The van der Waals surface area contributed by atoms with E-state index < -0.39 is 21.9 Å². The lowest BCUT2D eigenvalue weighted by molar-refractivity contribution is 0.0747. The molecule has 1 N–H and O–H groups in total. The van der Waals surface area contributed by atoms with E-state index in [4.69, 9.17) is 16.3 Å². The van der Waals surface area contributed by atoms with Gasteiger partial charge in [0.25, 0.3) is 5.91 Å². The molecule has 0 radical (unpaired) electrons. The number of sulfonamides is 1. The number of aliphatic hydroxyl groups is 1. The SMILES string of the molecule is COc1ccc(S(=O)(=O)N2CCC(O)C2)cc1N1CCN(C(=O)c2ccc(F)cc2Cl)CC1. The first-order valence-electron chi connectivity index (χ1n) is 10.6. The third-order valence-corrected chi connectivity index (χ3v) is 8.16. The van der Waals surface area contributed by atoms with Crippen LogP contribution in [0.15, 0.2) is 41.3 Å². The lowest BCUT2D eigenvalue weighted by atomic mass is 10.1. The van der Waals surface area contributed by atoms with Crippen LogP contribution >= 0.6 is 11.6 Å². The van der Waals surface area contributed by atoms with Gasteiger partial charge in [-0.05, 0) is 42.8 Å². The van der Waals surface area contributed by atoms with Crippen LogP contribution in [0.3, 0.4) is 0 Å². The summed E-state index contributed by atoms with van der Waals surface area (Å²) in [6.07, 6.45) is -0.242. The number of carbonyl (C=O) groups is 1. The molecule has 0 aliphatic carbocycles. The molecule has 2 heterocycles. The summed E-state index contributed by atoms with van der Waals surface area (Å²) in [4.78, 5) is 16.6. The molecule has 1 unspecified atom stereocenters. The average Bonchev–Trinajstić information content (AvgIpc) is 3.25. The number of hydrogen-bond donors (Lipinski definition) is 1. The van der Waals surface area contributed by atoms with Crippen molar-refractivity contribution in [3.8, 4) is 5.75 Å². The van der Waals surface area contributed by atoms with E-state index in [1.165, 1.54) is 29.6 Å². The Morgan fingerprint density at radius 1 is 1.12 bits per heavy atom. The van der Waals surface area contributed by atoms with Gasteiger partial charge in [-0.25, -0.2) is 12.8 Å².